The number of carboxylic acid groups (broad SMARTS) is 1. The Balaban J connectivity index is 2.15. The Morgan fingerprint density at radius 2 is 2.05 bits per heavy atom. The van der Waals surface area contributed by atoms with Gasteiger partial charge in [-0.15, -0.1) is 0 Å². The van der Waals surface area contributed by atoms with Crippen LogP contribution in [0, 0.1) is 0 Å². The third-order valence-electron chi connectivity index (χ3n) is 3.00. The number of para-hydroxylation sites is 2. The summed E-state index contributed by atoms with van der Waals surface area (Å²) in [6.07, 6.45) is 1.87. The largest absolute Gasteiger partial charge is 0.481 e. The van der Waals surface area contributed by atoms with E-state index < -0.39 is 5.97 Å². The van der Waals surface area contributed by atoms with Gasteiger partial charge in [-0.05, 0) is 25.0 Å². The van der Waals surface area contributed by atoms with E-state index >= 15 is 0 Å². The van der Waals surface area contributed by atoms with E-state index in [1.54, 1.807) is 0 Å². The lowest BCUT2D eigenvalue weighted by molar-refractivity contribution is -0.133. The van der Waals surface area contributed by atoms with Gasteiger partial charge in [0.1, 0.15) is 0 Å². The summed E-state index contributed by atoms with van der Waals surface area (Å²) in [5.74, 6) is -1.19. The molecule has 2 rings (SSSR count). The molecule has 7 heteroatoms. The fourth-order valence-corrected chi connectivity index (χ4v) is 2.84. The van der Waals surface area contributed by atoms with Crippen molar-refractivity contribution >= 4 is 34.7 Å². The van der Waals surface area contributed by atoms with Crippen molar-refractivity contribution in [3.05, 3.63) is 24.3 Å². The number of imidazole rings is 1. The van der Waals surface area contributed by atoms with Gasteiger partial charge in [0.15, 0.2) is 5.16 Å². The van der Waals surface area contributed by atoms with E-state index in [9.17, 15) is 9.59 Å². The molecule has 0 aliphatic rings. The Labute approximate surface area is 126 Å². The van der Waals surface area contributed by atoms with Gasteiger partial charge >= 0.3 is 5.97 Å². The number of benzene rings is 1. The number of aromatic nitrogens is 2. The summed E-state index contributed by atoms with van der Waals surface area (Å²) in [6, 6.07) is 7.69. The summed E-state index contributed by atoms with van der Waals surface area (Å²) in [6.45, 7) is 0.690. The summed E-state index contributed by atoms with van der Waals surface area (Å²) in [4.78, 5) is 25.9. The van der Waals surface area contributed by atoms with Crippen LogP contribution in [0.2, 0.25) is 0 Å². The molecule has 0 radical (unpaired) electrons. The zero-order valence-corrected chi connectivity index (χ0v) is 12.3. The summed E-state index contributed by atoms with van der Waals surface area (Å²) in [7, 11) is 0. The van der Waals surface area contributed by atoms with Crippen LogP contribution in [-0.2, 0) is 16.1 Å². The van der Waals surface area contributed by atoms with Crippen molar-refractivity contribution in [1.82, 2.24) is 9.55 Å². The second-order valence-corrected chi connectivity index (χ2v) is 5.58. The summed E-state index contributed by atoms with van der Waals surface area (Å²) in [5.41, 5.74) is 6.95. The minimum Gasteiger partial charge on any atom is -0.481 e. The third-order valence-corrected chi connectivity index (χ3v) is 3.96. The van der Waals surface area contributed by atoms with Gasteiger partial charge in [-0.25, -0.2) is 4.98 Å². The van der Waals surface area contributed by atoms with Crippen molar-refractivity contribution in [2.24, 2.45) is 5.73 Å². The molecule has 2 aromatic rings. The molecule has 0 bridgehead atoms. The average Bonchev–Trinajstić information content (AvgIpc) is 2.79. The lowest BCUT2D eigenvalue weighted by Gasteiger charge is -2.07. The highest BCUT2D eigenvalue weighted by Gasteiger charge is 2.12. The Bertz CT molecular complexity index is 654. The molecule has 1 heterocycles. The van der Waals surface area contributed by atoms with E-state index in [1.807, 2.05) is 28.8 Å². The number of hydrogen-bond donors (Lipinski definition) is 2. The van der Waals surface area contributed by atoms with Crippen molar-refractivity contribution < 1.29 is 14.7 Å². The van der Waals surface area contributed by atoms with Crippen LogP contribution in [0.25, 0.3) is 11.0 Å². The van der Waals surface area contributed by atoms with Crippen LogP contribution >= 0.6 is 11.8 Å². The number of nitrogens with zero attached hydrogens (tertiary/aromatic N) is 2. The van der Waals surface area contributed by atoms with Gasteiger partial charge in [-0.1, -0.05) is 23.9 Å². The first-order chi connectivity index (χ1) is 10.1. The van der Waals surface area contributed by atoms with Crippen LogP contribution in [0.1, 0.15) is 19.3 Å². The highest BCUT2D eigenvalue weighted by molar-refractivity contribution is 7.99. The van der Waals surface area contributed by atoms with Crippen molar-refractivity contribution in [3.63, 3.8) is 0 Å². The predicted octanol–water partition coefficient (Wildman–Crippen LogP) is 1.87. The molecule has 21 heavy (non-hydrogen) atoms. The number of carboxylic acids is 1. The minimum absolute atomic E-state index is 0.0232. The maximum Gasteiger partial charge on any atom is 0.313 e. The molecular weight excluding hydrogens is 290 g/mol. The first kappa shape index (κ1) is 15.4. The minimum atomic E-state index is -0.868. The highest BCUT2D eigenvalue weighted by Crippen LogP contribution is 2.24. The average molecular weight is 307 g/mol. The molecular formula is C14H17N3O3S. The summed E-state index contributed by atoms with van der Waals surface area (Å²) >= 11 is 1.21. The Hall–Kier alpha value is -2.02. The molecule has 0 atom stereocenters. The Morgan fingerprint density at radius 1 is 1.29 bits per heavy atom. The molecule has 0 aliphatic carbocycles. The number of thioether (sulfide) groups is 1. The fourth-order valence-electron chi connectivity index (χ4n) is 2.08. The molecule has 0 unspecified atom stereocenters. The van der Waals surface area contributed by atoms with E-state index in [0.29, 0.717) is 24.5 Å². The molecule has 3 N–H and O–H groups in total. The van der Waals surface area contributed by atoms with Crippen molar-refractivity contribution in [3.8, 4) is 0 Å². The Morgan fingerprint density at radius 3 is 2.76 bits per heavy atom. The number of carbonyl (C=O) groups excluding carboxylic acids is 1. The van der Waals surface area contributed by atoms with E-state index in [4.69, 9.17) is 10.8 Å². The third kappa shape index (κ3) is 4.22. The molecule has 6 nitrogen and oxygen atoms in total. The van der Waals surface area contributed by atoms with E-state index in [-0.39, 0.29) is 11.7 Å². The first-order valence-electron chi connectivity index (χ1n) is 6.66. The maximum absolute atomic E-state index is 10.8. The number of nitrogens with two attached hydrogens (primary N) is 1. The SMILES string of the molecule is NC(=O)CCCCn1c(SCC(=O)O)nc2ccccc21. The van der Waals surface area contributed by atoms with Crippen LogP contribution in [0.4, 0.5) is 0 Å². The van der Waals surface area contributed by atoms with Gasteiger partial charge in [-0.2, -0.15) is 0 Å². The zero-order chi connectivity index (χ0) is 15.2. The number of aliphatic carboxylic acids is 1. The molecule has 112 valence electrons. The van der Waals surface area contributed by atoms with E-state index in [2.05, 4.69) is 4.98 Å². The number of unbranched alkanes of at least 4 members (excludes halogenated alkanes) is 1. The molecule has 0 spiro atoms. The van der Waals surface area contributed by atoms with E-state index in [1.165, 1.54) is 11.8 Å². The number of fused-ring (bicyclic) bond motifs is 1. The van der Waals surface area contributed by atoms with Gasteiger partial charge in [0, 0.05) is 13.0 Å². The second-order valence-electron chi connectivity index (χ2n) is 4.64. The fraction of sp³-hybridized carbons (Fsp3) is 0.357. The molecule has 1 aromatic carbocycles. The Kier molecular flexibility index (Phi) is 5.21. The number of amides is 1. The van der Waals surface area contributed by atoms with Gasteiger partial charge in [0.05, 0.1) is 16.8 Å². The standard InChI is InChI=1S/C14H17N3O3S/c15-12(18)7-3-4-8-17-11-6-2-1-5-10(11)16-14(17)21-9-13(19)20/h1-2,5-6H,3-4,7-9H2,(H2,15,18)(H,19,20). The number of carbonyl (C=O) groups is 2. The van der Waals surface area contributed by atoms with E-state index in [0.717, 1.165) is 17.5 Å². The number of hydrogen-bond acceptors (Lipinski definition) is 4. The van der Waals surface area contributed by atoms with Crippen LogP contribution < -0.4 is 5.73 Å². The number of aryl methyl sites for hydroxylation is 1. The monoisotopic (exact) mass is 307 g/mol. The van der Waals surface area contributed by atoms with Crippen LogP contribution in [0.15, 0.2) is 29.4 Å². The van der Waals surface area contributed by atoms with Crippen LogP contribution in [0.3, 0.4) is 0 Å². The predicted molar refractivity (Wildman–Crippen MR) is 81.1 cm³/mol. The topological polar surface area (TPSA) is 98.2 Å². The quantitative estimate of drug-likeness (QED) is 0.573. The van der Waals surface area contributed by atoms with Crippen LogP contribution in [-0.4, -0.2) is 32.3 Å². The second kappa shape index (κ2) is 7.12. The molecule has 0 aliphatic heterocycles. The first-order valence-corrected chi connectivity index (χ1v) is 7.64. The van der Waals surface area contributed by atoms with Gasteiger partial charge < -0.3 is 15.4 Å². The van der Waals surface area contributed by atoms with Crippen molar-refractivity contribution in [1.29, 1.82) is 0 Å². The smallest absolute Gasteiger partial charge is 0.313 e. The van der Waals surface area contributed by atoms with Gasteiger partial charge in [0.25, 0.3) is 0 Å². The summed E-state index contributed by atoms with van der Waals surface area (Å²) in [5, 5.41) is 9.50. The normalized spacial score (nSPS) is 10.9. The molecule has 1 amide bonds. The van der Waals surface area contributed by atoms with Gasteiger partial charge in [0.2, 0.25) is 5.91 Å². The molecule has 0 saturated heterocycles. The lowest BCUT2D eigenvalue weighted by Crippen LogP contribution is -2.10. The number of primary amides is 1. The van der Waals surface area contributed by atoms with Crippen molar-refractivity contribution in [2.75, 3.05) is 5.75 Å². The van der Waals surface area contributed by atoms with Gasteiger partial charge in [-0.3, -0.25) is 9.59 Å². The van der Waals surface area contributed by atoms with Crippen LogP contribution in [0.5, 0.6) is 0 Å². The zero-order valence-electron chi connectivity index (χ0n) is 11.5. The van der Waals surface area contributed by atoms with Crippen molar-refractivity contribution in [2.45, 2.75) is 31.0 Å². The lowest BCUT2D eigenvalue weighted by atomic mass is 10.2. The maximum atomic E-state index is 10.8. The molecule has 0 fully saturated rings. The number of rotatable bonds is 8. The molecule has 0 saturated carbocycles. The summed E-state index contributed by atoms with van der Waals surface area (Å²) < 4.78 is 2.00. The molecule has 1 aromatic heterocycles. The highest BCUT2D eigenvalue weighted by atomic mass is 32.2.